The van der Waals surface area contributed by atoms with Gasteiger partial charge in [-0.25, -0.2) is 8.78 Å². The van der Waals surface area contributed by atoms with Gasteiger partial charge in [-0.15, -0.1) is 0 Å². The van der Waals surface area contributed by atoms with Crippen molar-refractivity contribution in [3.05, 3.63) is 35.4 Å². The van der Waals surface area contributed by atoms with Crippen LogP contribution in [0.15, 0.2) is 18.2 Å². The van der Waals surface area contributed by atoms with E-state index in [0.717, 1.165) is 24.9 Å². The first-order valence-electron chi connectivity index (χ1n) is 7.29. The van der Waals surface area contributed by atoms with Gasteiger partial charge in [0.25, 0.3) is 0 Å². The third-order valence-electron chi connectivity index (χ3n) is 4.37. The average molecular weight is 267 g/mol. The van der Waals surface area contributed by atoms with E-state index in [1.54, 1.807) is 6.07 Å². The highest BCUT2D eigenvalue weighted by Gasteiger charge is 2.32. The third-order valence-corrected chi connectivity index (χ3v) is 4.37. The monoisotopic (exact) mass is 267 g/mol. The van der Waals surface area contributed by atoms with Crippen molar-refractivity contribution in [2.24, 2.45) is 11.8 Å². The Bertz CT molecular complexity index is 419. The molecule has 0 radical (unpaired) electrons. The highest BCUT2D eigenvalue weighted by Crippen LogP contribution is 2.34. The van der Waals surface area contributed by atoms with Gasteiger partial charge in [-0.1, -0.05) is 19.9 Å². The second-order valence-electron chi connectivity index (χ2n) is 5.71. The van der Waals surface area contributed by atoms with Gasteiger partial charge < -0.3 is 5.32 Å². The number of hydrogen-bond acceptors (Lipinski definition) is 1. The molecule has 1 N–H and O–H groups in total. The van der Waals surface area contributed by atoms with E-state index in [-0.39, 0.29) is 0 Å². The SMILES string of the molecule is CCCNC1CCC(Cc2ccc(F)c(F)c2)C1C. The van der Waals surface area contributed by atoms with E-state index in [1.165, 1.54) is 25.0 Å². The Morgan fingerprint density at radius 2 is 2.00 bits per heavy atom. The molecule has 1 aliphatic rings. The average Bonchev–Trinajstić information content (AvgIpc) is 2.73. The van der Waals surface area contributed by atoms with Crippen LogP contribution < -0.4 is 5.32 Å². The van der Waals surface area contributed by atoms with Crippen LogP contribution in [0.25, 0.3) is 0 Å². The second kappa shape index (κ2) is 6.47. The van der Waals surface area contributed by atoms with Crippen molar-refractivity contribution in [1.82, 2.24) is 5.32 Å². The molecule has 1 aliphatic carbocycles. The Morgan fingerprint density at radius 1 is 1.21 bits per heavy atom. The summed E-state index contributed by atoms with van der Waals surface area (Å²) in [7, 11) is 0. The van der Waals surface area contributed by atoms with Gasteiger partial charge in [-0.2, -0.15) is 0 Å². The Hall–Kier alpha value is -0.960. The number of nitrogens with one attached hydrogen (secondary N) is 1. The lowest BCUT2D eigenvalue weighted by molar-refractivity contribution is 0.351. The highest BCUT2D eigenvalue weighted by atomic mass is 19.2. The van der Waals surface area contributed by atoms with Crippen LogP contribution in [-0.2, 0) is 6.42 Å². The molecule has 106 valence electrons. The Kier molecular flexibility index (Phi) is 4.92. The molecule has 1 fully saturated rings. The summed E-state index contributed by atoms with van der Waals surface area (Å²) in [6, 6.07) is 4.86. The normalized spacial score (nSPS) is 26.8. The molecular formula is C16H23F2N. The standard InChI is InChI=1S/C16H23F2N/c1-3-8-19-16-7-5-13(11(16)2)9-12-4-6-14(17)15(18)10-12/h4,6,10-11,13,16,19H,3,5,7-9H2,1-2H3. The molecule has 1 saturated carbocycles. The van der Waals surface area contributed by atoms with Crippen LogP contribution in [0.5, 0.6) is 0 Å². The van der Waals surface area contributed by atoms with E-state index in [4.69, 9.17) is 0 Å². The summed E-state index contributed by atoms with van der Waals surface area (Å²) in [5, 5.41) is 3.58. The van der Waals surface area contributed by atoms with Crippen molar-refractivity contribution in [3.63, 3.8) is 0 Å². The van der Waals surface area contributed by atoms with Gasteiger partial charge in [0, 0.05) is 6.04 Å². The molecule has 0 heterocycles. The van der Waals surface area contributed by atoms with Gasteiger partial charge in [-0.05, 0) is 61.8 Å². The highest BCUT2D eigenvalue weighted by molar-refractivity contribution is 5.18. The largest absolute Gasteiger partial charge is 0.314 e. The minimum Gasteiger partial charge on any atom is -0.314 e. The lowest BCUT2D eigenvalue weighted by Gasteiger charge is -2.22. The third kappa shape index (κ3) is 3.53. The second-order valence-corrected chi connectivity index (χ2v) is 5.71. The van der Waals surface area contributed by atoms with Crippen LogP contribution in [0.2, 0.25) is 0 Å². The maximum Gasteiger partial charge on any atom is 0.159 e. The van der Waals surface area contributed by atoms with E-state index in [1.807, 2.05) is 0 Å². The molecule has 1 aromatic rings. The molecule has 19 heavy (non-hydrogen) atoms. The van der Waals surface area contributed by atoms with E-state index < -0.39 is 11.6 Å². The summed E-state index contributed by atoms with van der Waals surface area (Å²) < 4.78 is 26.1. The quantitative estimate of drug-likeness (QED) is 0.852. The van der Waals surface area contributed by atoms with Gasteiger partial charge >= 0.3 is 0 Å². The van der Waals surface area contributed by atoms with Crippen LogP contribution >= 0.6 is 0 Å². The molecule has 0 aliphatic heterocycles. The Morgan fingerprint density at radius 3 is 2.68 bits per heavy atom. The molecule has 0 spiro atoms. The fourth-order valence-electron chi connectivity index (χ4n) is 3.12. The van der Waals surface area contributed by atoms with E-state index in [9.17, 15) is 8.78 Å². The first kappa shape index (κ1) is 14.4. The minimum absolute atomic E-state index is 0.569. The maximum atomic E-state index is 13.2. The molecule has 1 aromatic carbocycles. The van der Waals surface area contributed by atoms with Crippen LogP contribution in [0.1, 0.15) is 38.7 Å². The van der Waals surface area contributed by atoms with Crippen LogP contribution in [-0.4, -0.2) is 12.6 Å². The number of rotatable bonds is 5. The molecule has 3 heteroatoms. The molecule has 0 amide bonds. The van der Waals surface area contributed by atoms with Gasteiger partial charge in [0.2, 0.25) is 0 Å². The van der Waals surface area contributed by atoms with Crippen LogP contribution in [0, 0.1) is 23.5 Å². The summed E-state index contributed by atoms with van der Waals surface area (Å²) in [6.45, 7) is 5.50. The van der Waals surface area contributed by atoms with Crippen molar-refractivity contribution in [3.8, 4) is 0 Å². The topological polar surface area (TPSA) is 12.0 Å². The number of benzene rings is 1. The predicted octanol–water partition coefficient (Wildman–Crippen LogP) is 3.92. The van der Waals surface area contributed by atoms with Gasteiger partial charge in [0.1, 0.15) is 0 Å². The van der Waals surface area contributed by atoms with Crippen molar-refractivity contribution in [1.29, 1.82) is 0 Å². The molecule has 1 nitrogen and oxygen atoms in total. The molecule has 0 bridgehead atoms. The minimum atomic E-state index is -0.759. The summed E-state index contributed by atoms with van der Waals surface area (Å²) in [4.78, 5) is 0. The van der Waals surface area contributed by atoms with E-state index >= 15 is 0 Å². The van der Waals surface area contributed by atoms with Crippen LogP contribution in [0.3, 0.4) is 0 Å². The smallest absolute Gasteiger partial charge is 0.159 e. The van der Waals surface area contributed by atoms with Crippen LogP contribution in [0.4, 0.5) is 8.78 Å². The summed E-state index contributed by atoms with van der Waals surface area (Å²) in [5.74, 6) is -0.326. The Balaban J connectivity index is 1.94. The van der Waals surface area contributed by atoms with Gasteiger partial charge in [-0.3, -0.25) is 0 Å². The lowest BCUT2D eigenvalue weighted by Crippen LogP contribution is -2.33. The molecular weight excluding hydrogens is 244 g/mol. The Labute approximate surface area is 114 Å². The summed E-state index contributed by atoms with van der Waals surface area (Å²) in [6.07, 6.45) is 4.36. The fourth-order valence-corrected chi connectivity index (χ4v) is 3.12. The molecule has 0 aromatic heterocycles. The van der Waals surface area contributed by atoms with Crippen molar-refractivity contribution in [2.45, 2.75) is 45.6 Å². The first-order valence-corrected chi connectivity index (χ1v) is 7.29. The molecule has 3 unspecified atom stereocenters. The van der Waals surface area contributed by atoms with E-state index in [0.29, 0.717) is 17.9 Å². The molecule has 0 saturated heterocycles. The summed E-state index contributed by atoms with van der Waals surface area (Å²) >= 11 is 0. The van der Waals surface area contributed by atoms with Crippen molar-refractivity contribution in [2.75, 3.05) is 6.54 Å². The zero-order valence-electron chi connectivity index (χ0n) is 11.8. The molecule has 3 atom stereocenters. The maximum absolute atomic E-state index is 13.2. The molecule has 2 rings (SSSR count). The number of hydrogen-bond donors (Lipinski definition) is 1. The summed E-state index contributed by atoms with van der Waals surface area (Å²) in [5.41, 5.74) is 0.909. The zero-order valence-corrected chi connectivity index (χ0v) is 11.8. The zero-order chi connectivity index (χ0) is 13.8. The fraction of sp³-hybridized carbons (Fsp3) is 0.625. The lowest BCUT2D eigenvalue weighted by atomic mass is 9.89. The first-order chi connectivity index (χ1) is 9.11. The van der Waals surface area contributed by atoms with E-state index in [2.05, 4.69) is 19.2 Å². The van der Waals surface area contributed by atoms with Gasteiger partial charge in [0.05, 0.1) is 0 Å². The van der Waals surface area contributed by atoms with Crippen molar-refractivity contribution < 1.29 is 8.78 Å². The van der Waals surface area contributed by atoms with Crippen molar-refractivity contribution >= 4 is 0 Å². The van der Waals surface area contributed by atoms with Gasteiger partial charge in [0.15, 0.2) is 11.6 Å². The number of halogens is 2. The predicted molar refractivity (Wildman–Crippen MR) is 74.0 cm³/mol.